The maximum absolute atomic E-state index is 14.3. The van der Waals surface area contributed by atoms with Crippen LogP contribution in [0.15, 0.2) is 65.8 Å². The van der Waals surface area contributed by atoms with Gasteiger partial charge in [-0.3, -0.25) is 5.32 Å². The van der Waals surface area contributed by atoms with Crippen molar-refractivity contribution in [2.45, 2.75) is 17.5 Å². The van der Waals surface area contributed by atoms with Gasteiger partial charge in [-0.1, -0.05) is 30.3 Å². The van der Waals surface area contributed by atoms with Crippen molar-refractivity contribution in [2.75, 3.05) is 6.26 Å². The molecule has 6 heteroatoms. The zero-order valence-corrected chi connectivity index (χ0v) is 15.8. The highest BCUT2D eigenvalue weighted by molar-refractivity contribution is 7.98. The molecule has 132 valence electrons. The standard InChI is InChI=1S/C19H20FN3S.ClH/c1-23-12-11-21-19(23)18(16-5-3-4-6-17(16)20)22-13-14-7-9-15(24-2)10-8-14;/h3-12,18,22H,13H2,1-2H3;1H. The maximum atomic E-state index is 14.3. The third kappa shape index (κ3) is 4.63. The lowest BCUT2D eigenvalue weighted by atomic mass is 10.0. The summed E-state index contributed by atoms with van der Waals surface area (Å²) < 4.78 is 16.2. The van der Waals surface area contributed by atoms with Crippen molar-refractivity contribution in [1.82, 2.24) is 14.9 Å². The van der Waals surface area contributed by atoms with E-state index in [0.29, 0.717) is 12.1 Å². The fourth-order valence-electron chi connectivity index (χ4n) is 2.67. The highest BCUT2D eigenvalue weighted by Crippen LogP contribution is 2.24. The van der Waals surface area contributed by atoms with E-state index in [-0.39, 0.29) is 24.3 Å². The molecule has 0 saturated heterocycles. The first-order chi connectivity index (χ1) is 11.7. The summed E-state index contributed by atoms with van der Waals surface area (Å²) in [4.78, 5) is 5.63. The summed E-state index contributed by atoms with van der Waals surface area (Å²) in [5.74, 6) is 0.566. The zero-order valence-electron chi connectivity index (χ0n) is 14.1. The van der Waals surface area contributed by atoms with Crippen LogP contribution >= 0.6 is 24.2 Å². The van der Waals surface area contributed by atoms with Crippen LogP contribution in [-0.2, 0) is 13.6 Å². The van der Waals surface area contributed by atoms with Gasteiger partial charge in [-0.2, -0.15) is 0 Å². The van der Waals surface area contributed by atoms with Crippen LogP contribution in [-0.4, -0.2) is 15.8 Å². The molecular formula is C19H21ClFN3S. The van der Waals surface area contributed by atoms with Crippen LogP contribution in [0.3, 0.4) is 0 Å². The number of aromatic nitrogens is 2. The first kappa shape index (κ1) is 19.5. The van der Waals surface area contributed by atoms with Crippen LogP contribution in [0.4, 0.5) is 4.39 Å². The highest BCUT2D eigenvalue weighted by atomic mass is 35.5. The van der Waals surface area contributed by atoms with Crippen molar-refractivity contribution < 1.29 is 4.39 Å². The lowest BCUT2D eigenvalue weighted by molar-refractivity contribution is 0.520. The van der Waals surface area contributed by atoms with Crippen LogP contribution in [0, 0.1) is 5.82 Å². The number of hydrogen-bond acceptors (Lipinski definition) is 3. The molecule has 0 aliphatic carbocycles. The molecule has 0 amide bonds. The fourth-order valence-corrected chi connectivity index (χ4v) is 3.08. The van der Waals surface area contributed by atoms with Gasteiger partial charge >= 0.3 is 0 Å². The van der Waals surface area contributed by atoms with Crippen molar-refractivity contribution in [3.05, 3.63) is 83.7 Å². The van der Waals surface area contributed by atoms with E-state index in [1.165, 1.54) is 11.0 Å². The molecule has 0 aliphatic heterocycles. The van der Waals surface area contributed by atoms with Gasteiger partial charge in [0.25, 0.3) is 0 Å². The Morgan fingerprint density at radius 2 is 1.88 bits per heavy atom. The smallest absolute Gasteiger partial charge is 0.130 e. The molecule has 1 aromatic heterocycles. The monoisotopic (exact) mass is 377 g/mol. The molecule has 0 bridgehead atoms. The second kappa shape index (κ2) is 9.04. The van der Waals surface area contributed by atoms with Crippen molar-refractivity contribution in [1.29, 1.82) is 0 Å². The van der Waals surface area contributed by atoms with E-state index >= 15 is 0 Å². The molecule has 3 aromatic rings. The molecule has 2 aromatic carbocycles. The van der Waals surface area contributed by atoms with Crippen LogP contribution in [0.1, 0.15) is 23.0 Å². The van der Waals surface area contributed by atoms with Crippen molar-refractivity contribution in [3.63, 3.8) is 0 Å². The molecule has 1 N–H and O–H groups in total. The van der Waals surface area contributed by atoms with Gasteiger partial charge in [-0.15, -0.1) is 24.2 Å². The summed E-state index contributed by atoms with van der Waals surface area (Å²) in [7, 11) is 1.92. The minimum Gasteiger partial charge on any atom is -0.336 e. The second-order valence-corrected chi connectivity index (χ2v) is 6.46. The Kier molecular flexibility index (Phi) is 7.05. The molecule has 0 radical (unpaired) electrons. The quantitative estimate of drug-likeness (QED) is 0.637. The van der Waals surface area contributed by atoms with Gasteiger partial charge in [0.15, 0.2) is 0 Å². The Labute approximate surface area is 158 Å². The summed E-state index contributed by atoms with van der Waals surface area (Å²) in [6.07, 6.45) is 5.67. The minimum absolute atomic E-state index is 0. The van der Waals surface area contributed by atoms with E-state index in [9.17, 15) is 4.39 Å². The van der Waals surface area contributed by atoms with Gasteiger partial charge in [0, 0.05) is 36.4 Å². The lowest BCUT2D eigenvalue weighted by Gasteiger charge is -2.20. The van der Waals surface area contributed by atoms with Gasteiger partial charge < -0.3 is 4.57 Å². The van der Waals surface area contributed by atoms with E-state index in [4.69, 9.17) is 0 Å². The van der Waals surface area contributed by atoms with Crippen LogP contribution < -0.4 is 5.32 Å². The minimum atomic E-state index is -0.300. The number of benzene rings is 2. The number of thioether (sulfide) groups is 1. The van der Waals surface area contributed by atoms with E-state index in [0.717, 1.165) is 11.4 Å². The Morgan fingerprint density at radius 1 is 1.16 bits per heavy atom. The normalized spacial score (nSPS) is 11.8. The predicted molar refractivity (Wildman–Crippen MR) is 104 cm³/mol. The Bertz CT molecular complexity index is 804. The Morgan fingerprint density at radius 3 is 2.48 bits per heavy atom. The third-order valence-electron chi connectivity index (χ3n) is 4.00. The van der Waals surface area contributed by atoms with E-state index in [2.05, 4.69) is 40.8 Å². The zero-order chi connectivity index (χ0) is 16.9. The Hall–Kier alpha value is -1.82. The van der Waals surface area contributed by atoms with Crippen LogP contribution in [0.2, 0.25) is 0 Å². The molecule has 1 unspecified atom stereocenters. The summed E-state index contributed by atoms with van der Waals surface area (Å²) in [6.45, 7) is 0.639. The van der Waals surface area contributed by atoms with Gasteiger partial charge in [-0.05, 0) is 30.0 Å². The first-order valence-electron chi connectivity index (χ1n) is 7.77. The first-order valence-corrected chi connectivity index (χ1v) is 8.99. The Balaban J connectivity index is 0.00000225. The van der Waals surface area contributed by atoms with Gasteiger partial charge in [0.1, 0.15) is 11.6 Å². The summed E-state index contributed by atoms with van der Waals surface area (Å²) >= 11 is 1.72. The number of halogens is 2. The maximum Gasteiger partial charge on any atom is 0.130 e. The summed E-state index contributed by atoms with van der Waals surface area (Å²) in [5.41, 5.74) is 1.76. The van der Waals surface area contributed by atoms with Crippen LogP contribution in [0.5, 0.6) is 0 Å². The average molecular weight is 378 g/mol. The average Bonchev–Trinajstić information content (AvgIpc) is 3.03. The lowest BCUT2D eigenvalue weighted by Crippen LogP contribution is -2.25. The number of nitrogens with zero attached hydrogens (tertiary/aromatic N) is 2. The van der Waals surface area contributed by atoms with Crippen LogP contribution in [0.25, 0.3) is 0 Å². The molecule has 25 heavy (non-hydrogen) atoms. The largest absolute Gasteiger partial charge is 0.336 e. The molecule has 1 heterocycles. The number of imidazole rings is 1. The highest BCUT2D eigenvalue weighted by Gasteiger charge is 2.20. The molecule has 1 atom stereocenters. The van der Waals surface area contributed by atoms with Gasteiger partial charge in [0.2, 0.25) is 0 Å². The van der Waals surface area contributed by atoms with Crippen molar-refractivity contribution >= 4 is 24.2 Å². The summed E-state index contributed by atoms with van der Waals surface area (Å²) in [6, 6.07) is 14.9. The van der Waals surface area contributed by atoms with Crippen molar-refractivity contribution in [3.8, 4) is 0 Å². The molecule has 3 rings (SSSR count). The van der Waals surface area contributed by atoms with Gasteiger partial charge in [0.05, 0.1) is 6.04 Å². The molecule has 3 nitrogen and oxygen atoms in total. The van der Waals surface area contributed by atoms with E-state index in [1.807, 2.05) is 23.9 Å². The summed E-state index contributed by atoms with van der Waals surface area (Å²) in [5, 5.41) is 3.44. The SMILES string of the molecule is CSc1ccc(CNC(c2ccccc2F)c2nccn2C)cc1.Cl. The van der Waals surface area contributed by atoms with Crippen molar-refractivity contribution in [2.24, 2.45) is 7.05 Å². The topological polar surface area (TPSA) is 29.9 Å². The third-order valence-corrected chi connectivity index (χ3v) is 4.75. The number of nitrogens with one attached hydrogen (secondary N) is 1. The predicted octanol–water partition coefficient (Wildman–Crippen LogP) is 4.58. The molecule has 0 saturated carbocycles. The molecular weight excluding hydrogens is 357 g/mol. The fraction of sp³-hybridized carbons (Fsp3) is 0.211. The molecule has 0 spiro atoms. The second-order valence-electron chi connectivity index (χ2n) is 5.58. The van der Waals surface area contributed by atoms with E-state index < -0.39 is 0 Å². The molecule has 0 fully saturated rings. The van der Waals surface area contributed by atoms with E-state index in [1.54, 1.807) is 30.1 Å². The molecule has 0 aliphatic rings. The number of aryl methyl sites for hydroxylation is 1. The number of hydrogen-bond donors (Lipinski definition) is 1. The number of rotatable bonds is 6. The van der Waals surface area contributed by atoms with Gasteiger partial charge in [-0.25, -0.2) is 9.37 Å².